The summed E-state index contributed by atoms with van der Waals surface area (Å²) in [5, 5.41) is 24.2. The van der Waals surface area contributed by atoms with Crippen LogP contribution in [0.25, 0.3) is 0 Å². The Balaban J connectivity index is 2.20. The van der Waals surface area contributed by atoms with E-state index in [-0.39, 0.29) is 11.3 Å². The number of nitro groups is 1. The van der Waals surface area contributed by atoms with Crippen molar-refractivity contribution in [2.75, 3.05) is 5.32 Å². The lowest BCUT2D eigenvalue weighted by molar-refractivity contribution is -0.385. The maximum atomic E-state index is 12.1. The highest BCUT2D eigenvalue weighted by atomic mass is 16.6. The second kappa shape index (κ2) is 4.14. The summed E-state index contributed by atoms with van der Waals surface area (Å²) in [6.07, 6.45) is 0. The lowest BCUT2D eigenvalue weighted by Crippen LogP contribution is -2.35. The van der Waals surface area contributed by atoms with Crippen molar-refractivity contribution in [2.24, 2.45) is 0 Å². The molecule has 0 saturated carbocycles. The molecule has 1 aliphatic rings. The molecule has 1 amide bonds. The minimum absolute atomic E-state index is 0.173. The maximum Gasteiger partial charge on any atom is 0.269 e. The van der Waals surface area contributed by atoms with Gasteiger partial charge in [0.2, 0.25) is 0 Å². The summed E-state index contributed by atoms with van der Waals surface area (Å²) < 4.78 is 0. The predicted octanol–water partition coefficient (Wildman–Crippen LogP) is 1.78. The Hall–Kier alpha value is -2.73. The van der Waals surface area contributed by atoms with Crippen LogP contribution in [0.1, 0.15) is 11.1 Å². The van der Waals surface area contributed by atoms with Crippen LogP contribution < -0.4 is 5.32 Å². The van der Waals surface area contributed by atoms with Gasteiger partial charge in [-0.25, -0.2) is 0 Å². The molecule has 2 aromatic rings. The number of amides is 1. The maximum absolute atomic E-state index is 12.1. The van der Waals surface area contributed by atoms with Gasteiger partial charge in [-0.2, -0.15) is 0 Å². The van der Waals surface area contributed by atoms with Crippen molar-refractivity contribution in [2.45, 2.75) is 5.60 Å². The molecule has 100 valence electrons. The van der Waals surface area contributed by atoms with Gasteiger partial charge in [0, 0.05) is 28.9 Å². The first-order valence-electron chi connectivity index (χ1n) is 5.92. The Morgan fingerprint density at radius 2 is 1.90 bits per heavy atom. The summed E-state index contributed by atoms with van der Waals surface area (Å²) in [5.41, 5.74) is -0.998. The molecule has 0 bridgehead atoms. The van der Waals surface area contributed by atoms with E-state index in [0.717, 1.165) is 0 Å². The number of non-ortho nitro benzene ring substituents is 1. The highest BCUT2D eigenvalue weighted by Crippen LogP contribution is 2.41. The molecule has 20 heavy (non-hydrogen) atoms. The Labute approximate surface area is 113 Å². The normalized spacial score (nSPS) is 20.4. The molecule has 1 unspecified atom stereocenters. The average Bonchev–Trinajstić information content (AvgIpc) is 2.72. The fourth-order valence-corrected chi connectivity index (χ4v) is 2.37. The number of hydrogen-bond donors (Lipinski definition) is 2. The molecule has 0 aliphatic carbocycles. The number of nitrogens with zero attached hydrogens (tertiary/aromatic N) is 1. The first kappa shape index (κ1) is 12.3. The van der Waals surface area contributed by atoms with Gasteiger partial charge in [-0.1, -0.05) is 30.3 Å². The molecule has 0 aromatic heterocycles. The molecule has 0 saturated heterocycles. The third-order valence-corrected chi connectivity index (χ3v) is 3.37. The second-order valence-electron chi connectivity index (χ2n) is 4.52. The van der Waals surface area contributed by atoms with Crippen molar-refractivity contribution < 1.29 is 14.8 Å². The Kier molecular flexibility index (Phi) is 2.55. The molecule has 6 heteroatoms. The van der Waals surface area contributed by atoms with Gasteiger partial charge in [0.1, 0.15) is 0 Å². The smallest absolute Gasteiger partial charge is 0.269 e. The van der Waals surface area contributed by atoms with E-state index in [1.807, 2.05) is 0 Å². The summed E-state index contributed by atoms with van der Waals surface area (Å²) in [7, 11) is 0. The van der Waals surface area contributed by atoms with Crippen molar-refractivity contribution in [3.63, 3.8) is 0 Å². The number of fused-ring (bicyclic) bond motifs is 1. The van der Waals surface area contributed by atoms with Gasteiger partial charge in [-0.15, -0.1) is 0 Å². The predicted molar refractivity (Wildman–Crippen MR) is 71.2 cm³/mol. The number of carbonyl (C=O) groups excluding carboxylic acids is 1. The number of benzene rings is 2. The van der Waals surface area contributed by atoms with Crippen LogP contribution in [-0.4, -0.2) is 15.9 Å². The van der Waals surface area contributed by atoms with E-state index >= 15 is 0 Å². The summed E-state index contributed by atoms with van der Waals surface area (Å²) >= 11 is 0. The lowest BCUT2D eigenvalue weighted by atomic mass is 9.87. The number of rotatable bonds is 2. The van der Waals surface area contributed by atoms with E-state index in [4.69, 9.17) is 0 Å². The van der Waals surface area contributed by atoms with E-state index in [2.05, 4.69) is 5.32 Å². The Bertz CT molecular complexity index is 729. The van der Waals surface area contributed by atoms with E-state index in [0.29, 0.717) is 11.3 Å². The van der Waals surface area contributed by atoms with Gasteiger partial charge in [0.25, 0.3) is 11.6 Å². The zero-order valence-electron chi connectivity index (χ0n) is 10.2. The van der Waals surface area contributed by atoms with E-state index in [1.54, 1.807) is 24.3 Å². The molecule has 3 rings (SSSR count). The number of hydrogen-bond acceptors (Lipinski definition) is 4. The second-order valence-corrected chi connectivity index (χ2v) is 4.52. The van der Waals surface area contributed by atoms with Gasteiger partial charge in [0.15, 0.2) is 5.60 Å². The fourth-order valence-electron chi connectivity index (χ4n) is 2.37. The summed E-state index contributed by atoms with van der Waals surface area (Å²) in [6, 6.07) is 12.2. The van der Waals surface area contributed by atoms with Crippen LogP contribution in [0.5, 0.6) is 0 Å². The molecule has 1 heterocycles. The molecule has 2 aromatic carbocycles. The van der Waals surface area contributed by atoms with Crippen molar-refractivity contribution in [3.8, 4) is 0 Å². The van der Waals surface area contributed by atoms with E-state index in [9.17, 15) is 20.0 Å². The molecule has 6 nitrogen and oxygen atoms in total. The van der Waals surface area contributed by atoms with E-state index in [1.165, 1.54) is 24.3 Å². The van der Waals surface area contributed by atoms with Gasteiger partial charge in [0.05, 0.1) is 4.92 Å². The molecule has 0 spiro atoms. The minimum atomic E-state index is -1.90. The molecule has 0 fully saturated rings. The number of carbonyl (C=O) groups is 1. The van der Waals surface area contributed by atoms with E-state index < -0.39 is 16.4 Å². The summed E-state index contributed by atoms with van der Waals surface area (Å²) in [4.78, 5) is 22.4. The van der Waals surface area contributed by atoms with Crippen LogP contribution in [0.3, 0.4) is 0 Å². The minimum Gasteiger partial charge on any atom is -0.372 e. The molecule has 0 radical (unpaired) electrons. The first-order valence-corrected chi connectivity index (χ1v) is 5.92. The molecule has 1 aliphatic heterocycles. The van der Waals surface area contributed by atoms with Crippen molar-refractivity contribution in [1.82, 2.24) is 0 Å². The van der Waals surface area contributed by atoms with Crippen LogP contribution in [0.4, 0.5) is 11.4 Å². The zero-order chi connectivity index (χ0) is 14.3. The topological polar surface area (TPSA) is 92.5 Å². The van der Waals surface area contributed by atoms with Crippen LogP contribution in [0, 0.1) is 10.1 Å². The highest BCUT2D eigenvalue weighted by molar-refractivity contribution is 6.07. The standard InChI is InChI=1S/C14H10N2O4/c17-13-14(18,11-6-1-2-7-12(11)15-13)9-4-3-5-10(8-9)16(19)20/h1-8,18H,(H,15,17). The summed E-state index contributed by atoms with van der Waals surface area (Å²) in [6.45, 7) is 0. The number of para-hydroxylation sites is 1. The lowest BCUT2D eigenvalue weighted by Gasteiger charge is -2.21. The van der Waals surface area contributed by atoms with Gasteiger partial charge < -0.3 is 10.4 Å². The Morgan fingerprint density at radius 1 is 1.15 bits per heavy atom. The van der Waals surface area contributed by atoms with Crippen molar-refractivity contribution in [3.05, 3.63) is 69.8 Å². The number of aliphatic hydroxyl groups is 1. The van der Waals surface area contributed by atoms with Crippen molar-refractivity contribution >= 4 is 17.3 Å². The molecular weight excluding hydrogens is 260 g/mol. The van der Waals surface area contributed by atoms with Crippen molar-refractivity contribution in [1.29, 1.82) is 0 Å². The Morgan fingerprint density at radius 3 is 2.65 bits per heavy atom. The number of nitro benzene ring substituents is 1. The van der Waals surface area contributed by atoms with Crippen LogP contribution in [-0.2, 0) is 10.4 Å². The third-order valence-electron chi connectivity index (χ3n) is 3.37. The monoisotopic (exact) mass is 270 g/mol. The fraction of sp³-hybridized carbons (Fsp3) is 0.0714. The molecule has 1 atom stereocenters. The number of anilines is 1. The third kappa shape index (κ3) is 1.59. The van der Waals surface area contributed by atoms with Gasteiger partial charge >= 0.3 is 0 Å². The van der Waals surface area contributed by atoms with Gasteiger partial charge in [-0.05, 0) is 6.07 Å². The largest absolute Gasteiger partial charge is 0.372 e. The first-order chi connectivity index (χ1) is 9.53. The molecule has 2 N–H and O–H groups in total. The quantitative estimate of drug-likeness (QED) is 0.642. The number of nitrogens with one attached hydrogen (secondary N) is 1. The average molecular weight is 270 g/mol. The zero-order valence-corrected chi connectivity index (χ0v) is 10.2. The van der Waals surface area contributed by atoms with Crippen LogP contribution in [0.15, 0.2) is 48.5 Å². The summed E-state index contributed by atoms with van der Waals surface area (Å²) in [5.74, 6) is -0.612. The SMILES string of the molecule is O=C1Nc2ccccc2C1(O)c1cccc([N+](=O)[O-])c1. The van der Waals surface area contributed by atoms with Crippen LogP contribution >= 0.6 is 0 Å². The highest BCUT2D eigenvalue weighted by Gasteiger charge is 2.47. The van der Waals surface area contributed by atoms with Crippen LogP contribution in [0.2, 0.25) is 0 Å². The molecular formula is C14H10N2O4. The van der Waals surface area contributed by atoms with Gasteiger partial charge in [-0.3, -0.25) is 14.9 Å².